The van der Waals surface area contributed by atoms with E-state index < -0.39 is 0 Å². The Labute approximate surface area is 140 Å². The predicted molar refractivity (Wildman–Crippen MR) is 91.4 cm³/mol. The summed E-state index contributed by atoms with van der Waals surface area (Å²) in [5.74, 6) is 1.36. The molecule has 0 atom stereocenters. The first kappa shape index (κ1) is 16.7. The van der Waals surface area contributed by atoms with Crippen molar-refractivity contribution in [2.75, 3.05) is 6.61 Å². The van der Waals surface area contributed by atoms with Crippen molar-refractivity contribution in [3.63, 3.8) is 0 Å². The van der Waals surface area contributed by atoms with Gasteiger partial charge in [-0.1, -0.05) is 29.3 Å². The predicted octanol–water partition coefficient (Wildman–Crippen LogP) is 5.69. The number of rotatable bonds is 6. The zero-order chi connectivity index (χ0) is 15.9. The van der Waals surface area contributed by atoms with Gasteiger partial charge in [-0.2, -0.15) is 0 Å². The van der Waals surface area contributed by atoms with Crippen molar-refractivity contribution in [1.29, 1.82) is 0 Å². The van der Waals surface area contributed by atoms with Gasteiger partial charge in [-0.05, 0) is 55.8 Å². The van der Waals surface area contributed by atoms with Gasteiger partial charge in [0.05, 0.1) is 22.3 Å². The minimum absolute atomic E-state index is 0.466. The number of hydrogen-bond acceptors (Lipinski definition) is 3. The van der Waals surface area contributed by atoms with Crippen LogP contribution in [0.4, 0.5) is 0 Å². The number of halogens is 2. The van der Waals surface area contributed by atoms with Gasteiger partial charge in [0.2, 0.25) is 0 Å². The van der Waals surface area contributed by atoms with Gasteiger partial charge in [-0.3, -0.25) is 10.3 Å². The Morgan fingerprint density at radius 1 is 1.05 bits per heavy atom. The standard InChI is InChI=1S/C17H17Cl2NO2/c1-3-17(20-21-4-2)12-5-7-13(8-6-12)22-14-9-10-15(18)16(19)11-14/h3,5-11,20H,4H2,1-2H3. The normalized spacial score (nSPS) is 11.4. The van der Waals surface area contributed by atoms with Gasteiger partial charge in [0.25, 0.3) is 0 Å². The number of allylic oxidation sites excluding steroid dienone is 1. The first-order valence-corrected chi connectivity index (χ1v) is 7.67. The summed E-state index contributed by atoms with van der Waals surface area (Å²) >= 11 is 11.9. The van der Waals surface area contributed by atoms with E-state index in [-0.39, 0.29) is 0 Å². The average molecular weight is 338 g/mol. The highest BCUT2D eigenvalue weighted by molar-refractivity contribution is 6.42. The van der Waals surface area contributed by atoms with E-state index in [0.717, 1.165) is 11.3 Å². The van der Waals surface area contributed by atoms with Crippen LogP contribution >= 0.6 is 23.2 Å². The molecule has 0 amide bonds. The highest BCUT2D eigenvalue weighted by Crippen LogP contribution is 2.29. The van der Waals surface area contributed by atoms with Crippen molar-refractivity contribution < 1.29 is 9.57 Å². The first-order chi connectivity index (χ1) is 10.6. The second kappa shape index (κ2) is 8.08. The van der Waals surface area contributed by atoms with E-state index in [4.69, 9.17) is 32.8 Å². The van der Waals surface area contributed by atoms with Gasteiger partial charge in [0.1, 0.15) is 11.5 Å². The Kier molecular flexibility index (Phi) is 6.13. The summed E-state index contributed by atoms with van der Waals surface area (Å²) in [6, 6.07) is 12.8. The quantitative estimate of drug-likeness (QED) is 0.687. The van der Waals surface area contributed by atoms with E-state index in [0.29, 0.717) is 28.2 Å². The lowest BCUT2D eigenvalue weighted by molar-refractivity contribution is 0.0899. The Balaban J connectivity index is 2.09. The zero-order valence-electron chi connectivity index (χ0n) is 12.4. The second-order valence-electron chi connectivity index (χ2n) is 4.44. The molecule has 0 heterocycles. The van der Waals surface area contributed by atoms with Crippen LogP contribution in [-0.2, 0) is 4.84 Å². The fraction of sp³-hybridized carbons (Fsp3) is 0.176. The van der Waals surface area contributed by atoms with E-state index in [1.807, 2.05) is 44.2 Å². The maximum Gasteiger partial charge on any atom is 0.129 e. The van der Waals surface area contributed by atoms with Crippen molar-refractivity contribution in [3.8, 4) is 11.5 Å². The van der Waals surface area contributed by atoms with Crippen LogP contribution < -0.4 is 10.2 Å². The number of nitrogens with one attached hydrogen (secondary N) is 1. The third-order valence-electron chi connectivity index (χ3n) is 2.91. The molecule has 0 unspecified atom stereocenters. The number of hydroxylamine groups is 1. The Bertz CT molecular complexity index is 654. The van der Waals surface area contributed by atoms with Crippen LogP contribution in [0.1, 0.15) is 19.4 Å². The molecule has 2 rings (SSSR count). The zero-order valence-corrected chi connectivity index (χ0v) is 13.9. The number of benzene rings is 2. The summed E-state index contributed by atoms with van der Waals surface area (Å²) in [5, 5.41) is 0.969. The van der Waals surface area contributed by atoms with Gasteiger partial charge >= 0.3 is 0 Å². The van der Waals surface area contributed by atoms with Gasteiger partial charge in [0.15, 0.2) is 0 Å². The summed E-state index contributed by atoms with van der Waals surface area (Å²) in [4.78, 5) is 5.21. The van der Waals surface area contributed by atoms with Crippen LogP contribution in [0.5, 0.6) is 11.5 Å². The van der Waals surface area contributed by atoms with E-state index in [1.165, 1.54) is 0 Å². The molecule has 0 saturated heterocycles. The molecule has 2 aromatic rings. The highest BCUT2D eigenvalue weighted by Gasteiger charge is 2.04. The molecular formula is C17H17Cl2NO2. The van der Waals surface area contributed by atoms with E-state index >= 15 is 0 Å². The summed E-state index contributed by atoms with van der Waals surface area (Å²) in [6.45, 7) is 4.46. The minimum atomic E-state index is 0.466. The molecule has 0 aliphatic carbocycles. The molecule has 0 aliphatic rings. The van der Waals surface area contributed by atoms with Crippen molar-refractivity contribution in [2.24, 2.45) is 0 Å². The molecule has 5 heteroatoms. The Hall–Kier alpha value is -1.68. The fourth-order valence-electron chi connectivity index (χ4n) is 1.81. The van der Waals surface area contributed by atoms with Crippen LogP contribution in [0.2, 0.25) is 10.0 Å². The summed E-state index contributed by atoms with van der Waals surface area (Å²) < 4.78 is 5.75. The summed E-state index contributed by atoms with van der Waals surface area (Å²) in [5.41, 5.74) is 4.82. The van der Waals surface area contributed by atoms with Crippen LogP contribution in [0.3, 0.4) is 0 Å². The van der Waals surface area contributed by atoms with Crippen LogP contribution in [-0.4, -0.2) is 6.61 Å². The maximum absolute atomic E-state index is 5.97. The molecular weight excluding hydrogens is 321 g/mol. The van der Waals surface area contributed by atoms with Crippen LogP contribution in [0.25, 0.3) is 5.70 Å². The molecule has 0 spiro atoms. The molecule has 0 bridgehead atoms. The van der Waals surface area contributed by atoms with Gasteiger partial charge < -0.3 is 4.74 Å². The van der Waals surface area contributed by atoms with E-state index in [1.54, 1.807) is 18.2 Å². The molecule has 22 heavy (non-hydrogen) atoms. The largest absolute Gasteiger partial charge is 0.457 e. The smallest absolute Gasteiger partial charge is 0.129 e. The van der Waals surface area contributed by atoms with Gasteiger partial charge in [0, 0.05) is 6.07 Å². The molecule has 0 radical (unpaired) electrons. The maximum atomic E-state index is 5.97. The summed E-state index contributed by atoms with van der Waals surface area (Å²) in [7, 11) is 0. The molecule has 116 valence electrons. The molecule has 0 saturated carbocycles. The molecule has 0 aromatic heterocycles. The van der Waals surface area contributed by atoms with Crippen molar-refractivity contribution in [3.05, 3.63) is 64.1 Å². The first-order valence-electron chi connectivity index (χ1n) is 6.91. The molecule has 3 nitrogen and oxygen atoms in total. The molecule has 2 aromatic carbocycles. The Morgan fingerprint density at radius 2 is 1.73 bits per heavy atom. The average Bonchev–Trinajstić information content (AvgIpc) is 2.53. The minimum Gasteiger partial charge on any atom is -0.457 e. The molecule has 0 fully saturated rings. The Morgan fingerprint density at radius 3 is 2.32 bits per heavy atom. The molecule has 0 aliphatic heterocycles. The van der Waals surface area contributed by atoms with Crippen LogP contribution in [0.15, 0.2) is 48.5 Å². The third kappa shape index (κ3) is 4.41. The second-order valence-corrected chi connectivity index (χ2v) is 5.25. The SMILES string of the molecule is CC=C(NOCC)c1ccc(Oc2ccc(Cl)c(Cl)c2)cc1. The van der Waals surface area contributed by atoms with Gasteiger partial charge in [-0.15, -0.1) is 0 Å². The van der Waals surface area contributed by atoms with Crippen LogP contribution in [0, 0.1) is 0 Å². The van der Waals surface area contributed by atoms with Crippen molar-refractivity contribution >= 4 is 28.9 Å². The van der Waals surface area contributed by atoms with E-state index in [2.05, 4.69) is 5.48 Å². The number of hydrogen-bond donors (Lipinski definition) is 1. The lowest BCUT2D eigenvalue weighted by atomic mass is 10.1. The van der Waals surface area contributed by atoms with Gasteiger partial charge in [-0.25, -0.2) is 0 Å². The fourth-order valence-corrected chi connectivity index (χ4v) is 2.10. The number of ether oxygens (including phenoxy) is 1. The third-order valence-corrected chi connectivity index (χ3v) is 3.65. The highest BCUT2D eigenvalue weighted by atomic mass is 35.5. The van der Waals surface area contributed by atoms with Crippen molar-refractivity contribution in [2.45, 2.75) is 13.8 Å². The summed E-state index contributed by atoms with van der Waals surface area (Å²) in [6.07, 6.45) is 1.95. The molecule has 1 N–H and O–H groups in total. The topological polar surface area (TPSA) is 30.5 Å². The van der Waals surface area contributed by atoms with E-state index in [9.17, 15) is 0 Å². The lowest BCUT2D eigenvalue weighted by Gasteiger charge is -2.11. The monoisotopic (exact) mass is 337 g/mol. The van der Waals surface area contributed by atoms with Crippen molar-refractivity contribution in [1.82, 2.24) is 5.48 Å². The lowest BCUT2D eigenvalue weighted by Crippen LogP contribution is -2.12.